The molecule has 1 N–H and O–H groups in total. The standard InChI is InChI=1S/C19H25NO4/c1-19(17(21)11-14-7-4-3-5-8-14)16(12-18(22)24-19)20-10-6-9-15(20)13-23-2/h3-5,7-8,12,15,17,21H,6,9-11,13H2,1-2H3/t15-,17-,19-/m0/s1. The second-order valence-electron chi connectivity index (χ2n) is 6.71. The number of rotatable bonds is 6. The summed E-state index contributed by atoms with van der Waals surface area (Å²) in [4.78, 5) is 14.1. The van der Waals surface area contributed by atoms with Gasteiger partial charge in [0, 0.05) is 26.2 Å². The van der Waals surface area contributed by atoms with Gasteiger partial charge in [0.2, 0.25) is 0 Å². The van der Waals surface area contributed by atoms with Crippen molar-refractivity contribution < 1.29 is 19.4 Å². The summed E-state index contributed by atoms with van der Waals surface area (Å²) in [7, 11) is 1.69. The van der Waals surface area contributed by atoms with Gasteiger partial charge in [-0.1, -0.05) is 30.3 Å². The van der Waals surface area contributed by atoms with E-state index in [1.807, 2.05) is 30.3 Å². The van der Waals surface area contributed by atoms with Crippen molar-refractivity contribution in [3.63, 3.8) is 0 Å². The molecule has 0 amide bonds. The molecule has 3 rings (SSSR count). The molecule has 1 saturated heterocycles. The summed E-state index contributed by atoms with van der Waals surface area (Å²) in [6, 6.07) is 9.98. The van der Waals surface area contributed by atoms with Crippen molar-refractivity contribution >= 4 is 5.97 Å². The normalized spacial score (nSPS) is 28.0. The quantitative estimate of drug-likeness (QED) is 0.807. The second-order valence-corrected chi connectivity index (χ2v) is 6.71. The van der Waals surface area contributed by atoms with E-state index in [9.17, 15) is 9.90 Å². The van der Waals surface area contributed by atoms with Gasteiger partial charge in [-0.3, -0.25) is 0 Å². The van der Waals surface area contributed by atoms with Crippen LogP contribution in [0, 0.1) is 0 Å². The maximum Gasteiger partial charge on any atom is 0.333 e. The number of aliphatic hydroxyl groups excluding tert-OH is 1. The molecule has 0 aliphatic carbocycles. The Morgan fingerprint density at radius 1 is 1.42 bits per heavy atom. The van der Waals surface area contributed by atoms with Gasteiger partial charge in [-0.2, -0.15) is 0 Å². The number of esters is 1. The van der Waals surface area contributed by atoms with Crippen molar-refractivity contribution in [3.8, 4) is 0 Å². The SMILES string of the molecule is COC[C@@H]1CCCN1C1=CC(=O)O[C@]1(C)[C@@H](O)Cc1ccccc1. The van der Waals surface area contributed by atoms with Crippen molar-refractivity contribution in [2.75, 3.05) is 20.3 Å². The molecule has 5 nitrogen and oxygen atoms in total. The molecule has 24 heavy (non-hydrogen) atoms. The lowest BCUT2D eigenvalue weighted by atomic mass is 9.89. The van der Waals surface area contributed by atoms with E-state index in [0.29, 0.717) is 13.0 Å². The molecule has 2 aliphatic heterocycles. The number of aliphatic hydroxyl groups is 1. The summed E-state index contributed by atoms with van der Waals surface area (Å²) in [5.41, 5.74) is 0.766. The van der Waals surface area contributed by atoms with E-state index >= 15 is 0 Å². The summed E-state index contributed by atoms with van der Waals surface area (Å²) >= 11 is 0. The van der Waals surface area contributed by atoms with Crippen LogP contribution in [-0.4, -0.2) is 54.0 Å². The predicted octanol–water partition coefficient (Wildman–Crippen LogP) is 1.90. The van der Waals surface area contributed by atoms with Crippen LogP contribution in [0.25, 0.3) is 0 Å². The van der Waals surface area contributed by atoms with E-state index in [1.165, 1.54) is 6.08 Å². The van der Waals surface area contributed by atoms with Crippen LogP contribution in [0.5, 0.6) is 0 Å². The van der Waals surface area contributed by atoms with E-state index in [2.05, 4.69) is 4.90 Å². The minimum Gasteiger partial charge on any atom is -0.447 e. The number of benzene rings is 1. The molecule has 2 heterocycles. The van der Waals surface area contributed by atoms with Gasteiger partial charge in [0.05, 0.1) is 18.3 Å². The summed E-state index contributed by atoms with van der Waals surface area (Å²) in [5.74, 6) is -0.386. The van der Waals surface area contributed by atoms with Gasteiger partial charge in [-0.15, -0.1) is 0 Å². The van der Waals surface area contributed by atoms with Gasteiger partial charge in [-0.25, -0.2) is 4.79 Å². The Balaban J connectivity index is 1.82. The largest absolute Gasteiger partial charge is 0.447 e. The molecular formula is C19H25NO4. The molecule has 1 aromatic rings. The van der Waals surface area contributed by atoms with Crippen LogP contribution in [0.3, 0.4) is 0 Å². The van der Waals surface area contributed by atoms with E-state index in [4.69, 9.17) is 9.47 Å². The summed E-state index contributed by atoms with van der Waals surface area (Å²) in [6.45, 7) is 3.26. The monoisotopic (exact) mass is 331 g/mol. The Morgan fingerprint density at radius 2 is 2.17 bits per heavy atom. The van der Waals surface area contributed by atoms with Gasteiger partial charge < -0.3 is 19.5 Å². The van der Waals surface area contributed by atoms with Crippen LogP contribution >= 0.6 is 0 Å². The molecule has 0 bridgehead atoms. The fraction of sp³-hybridized carbons (Fsp3) is 0.526. The molecule has 5 heteroatoms. The smallest absolute Gasteiger partial charge is 0.333 e. The minimum atomic E-state index is -1.02. The van der Waals surface area contributed by atoms with Gasteiger partial charge in [-0.05, 0) is 25.3 Å². The molecule has 0 spiro atoms. The lowest BCUT2D eigenvalue weighted by Crippen LogP contribution is -2.49. The first kappa shape index (κ1) is 17.0. The Bertz CT molecular complexity index is 615. The maximum absolute atomic E-state index is 12.0. The number of hydrogen-bond donors (Lipinski definition) is 1. The average molecular weight is 331 g/mol. The number of carbonyl (C=O) groups excluding carboxylic acids is 1. The highest BCUT2D eigenvalue weighted by atomic mass is 16.6. The molecule has 0 radical (unpaired) electrons. The van der Waals surface area contributed by atoms with Crippen molar-refractivity contribution in [2.24, 2.45) is 0 Å². The summed E-state index contributed by atoms with van der Waals surface area (Å²) in [6.07, 6.45) is 3.23. The predicted molar refractivity (Wildman–Crippen MR) is 90.3 cm³/mol. The number of cyclic esters (lactones) is 1. The van der Waals surface area contributed by atoms with E-state index in [1.54, 1.807) is 14.0 Å². The van der Waals surface area contributed by atoms with Gasteiger partial charge >= 0.3 is 5.97 Å². The number of likely N-dealkylation sites (tertiary alicyclic amines) is 1. The molecule has 1 aromatic carbocycles. The van der Waals surface area contributed by atoms with Crippen molar-refractivity contribution in [2.45, 2.75) is 43.9 Å². The van der Waals surface area contributed by atoms with E-state index in [-0.39, 0.29) is 12.0 Å². The average Bonchev–Trinajstić information content (AvgIpc) is 3.13. The van der Waals surface area contributed by atoms with Gasteiger partial charge in [0.15, 0.2) is 5.60 Å². The Kier molecular flexibility index (Phi) is 4.92. The van der Waals surface area contributed by atoms with Crippen LogP contribution in [-0.2, 0) is 20.7 Å². The molecule has 2 aliphatic rings. The van der Waals surface area contributed by atoms with Crippen LogP contribution in [0.4, 0.5) is 0 Å². The second kappa shape index (κ2) is 6.95. The first-order chi connectivity index (χ1) is 11.5. The van der Waals surface area contributed by atoms with Crippen molar-refractivity contribution in [1.82, 2.24) is 4.90 Å². The van der Waals surface area contributed by atoms with Crippen LogP contribution in [0.15, 0.2) is 42.1 Å². The van der Waals surface area contributed by atoms with Crippen molar-refractivity contribution in [1.29, 1.82) is 0 Å². The molecular weight excluding hydrogens is 306 g/mol. The minimum absolute atomic E-state index is 0.221. The van der Waals surface area contributed by atoms with Crippen LogP contribution < -0.4 is 0 Å². The highest BCUT2D eigenvalue weighted by molar-refractivity contribution is 5.86. The van der Waals surface area contributed by atoms with Crippen LogP contribution in [0.1, 0.15) is 25.3 Å². The maximum atomic E-state index is 12.0. The Hall–Kier alpha value is -1.85. The lowest BCUT2D eigenvalue weighted by Gasteiger charge is -2.38. The molecule has 0 saturated carbocycles. The van der Waals surface area contributed by atoms with E-state index < -0.39 is 11.7 Å². The fourth-order valence-electron chi connectivity index (χ4n) is 3.70. The Labute approximate surface area is 142 Å². The van der Waals surface area contributed by atoms with Gasteiger partial charge in [0.25, 0.3) is 0 Å². The zero-order valence-corrected chi connectivity index (χ0v) is 14.3. The molecule has 0 unspecified atom stereocenters. The topological polar surface area (TPSA) is 59.0 Å². The van der Waals surface area contributed by atoms with E-state index in [0.717, 1.165) is 30.6 Å². The fourth-order valence-corrected chi connectivity index (χ4v) is 3.70. The zero-order valence-electron chi connectivity index (χ0n) is 14.3. The molecule has 1 fully saturated rings. The number of carbonyl (C=O) groups is 1. The number of hydrogen-bond acceptors (Lipinski definition) is 5. The lowest BCUT2D eigenvalue weighted by molar-refractivity contribution is -0.155. The number of methoxy groups -OCH3 is 1. The Morgan fingerprint density at radius 3 is 2.88 bits per heavy atom. The van der Waals surface area contributed by atoms with Crippen LogP contribution in [0.2, 0.25) is 0 Å². The first-order valence-corrected chi connectivity index (χ1v) is 8.47. The zero-order chi connectivity index (χ0) is 17.2. The van der Waals surface area contributed by atoms with Gasteiger partial charge in [0.1, 0.15) is 6.10 Å². The highest BCUT2D eigenvalue weighted by Gasteiger charge is 2.49. The molecule has 130 valence electrons. The number of nitrogens with zero attached hydrogens (tertiary/aromatic N) is 1. The third kappa shape index (κ3) is 3.19. The number of ether oxygens (including phenoxy) is 2. The molecule has 3 atom stereocenters. The first-order valence-electron chi connectivity index (χ1n) is 8.47. The third-order valence-corrected chi connectivity index (χ3v) is 5.03. The highest BCUT2D eigenvalue weighted by Crippen LogP contribution is 2.38. The summed E-state index contributed by atoms with van der Waals surface area (Å²) in [5, 5.41) is 10.9. The third-order valence-electron chi connectivity index (χ3n) is 5.03. The molecule has 0 aromatic heterocycles. The van der Waals surface area contributed by atoms with Crippen molar-refractivity contribution in [3.05, 3.63) is 47.7 Å². The summed E-state index contributed by atoms with van der Waals surface area (Å²) < 4.78 is 10.9.